The van der Waals surface area contributed by atoms with E-state index in [1.54, 1.807) is 12.1 Å². The lowest BCUT2D eigenvalue weighted by molar-refractivity contribution is 0.295. The van der Waals surface area contributed by atoms with E-state index < -0.39 is 0 Å². The molecule has 1 aromatic carbocycles. The summed E-state index contributed by atoms with van der Waals surface area (Å²) in [6.45, 7) is 3.01. The molecule has 0 saturated carbocycles. The highest BCUT2D eigenvalue weighted by Gasteiger charge is 2.16. The third-order valence-electron chi connectivity index (χ3n) is 3.36. The van der Waals surface area contributed by atoms with Gasteiger partial charge < -0.3 is 0 Å². The molecular weight excluding hydrogens is 261 g/mol. The van der Waals surface area contributed by atoms with Crippen molar-refractivity contribution in [3.8, 4) is 11.3 Å². The number of H-pyrrole nitrogens is 1. The van der Waals surface area contributed by atoms with Crippen molar-refractivity contribution in [2.24, 2.45) is 0 Å². The van der Waals surface area contributed by atoms with E-state index in [1.165, 1.54) is 17.6 Å². The second kappa shape index (κ2) is 5.75. The minimum Gasteiger partial charge on any atom is -0.297 e. The summed E-state index contributed by atoms with van der Waals surface area (Å²) in [6, 6.07) is 6.83. The zero-order valence-corrected chi connectivity index (χ0v) is 11.4. The maximum atomic E-state index is 13.8. The number of hydrogen-bond donors (Lipinski definition) is 1. The monoisotopic (exact) mass is 277 g/mol. The molecule has 1 aliphatic rings. The van der Waals surface area contributed by atoms with Crippen LogP contribution in [0.2, 0.25) is 0 Å². The number of thioether (sulfide) groups is 1. The summed E-state index contributed by atoms with van der Waals surface area (Å²) in [7, 11) is 0. The summed E-state index contributed by atoms with van der Waals surface area (Å²) in [5.74, 6) is 2.14. The molecule has 1 saturated heterocycles. The van der Waals surface area contributed by atoms with Crippen molar-refractivity contribution in [1.29, 1.82) is 0 Å². The van der Waals surface area contributed by atoms with E-state index in [0.717, 1.165) is 30.9 Å². The summed E-state index contributed by atoms with van der Waals surface area (Å²) in [5, 5.41) is 7.01. The van der Waals surface area contributed by atoms with Gasteiger partial charge in [-0.3, -0.25) is 10.00 Å². The highest BCUT2D eigenvalue weighted by molar-refractivity contribution is 7.99. The smallest absolute Gasteiger partial charge is 0.132 e. The van der Waals surface area contributed by atoms with Gasteiger partial charge in [-0.05, 0) is 12.1 Å². The average Bonchev–Trinajstić information content (AvgIpc) is 2.88. The van der Waals surface area contributed by atoms with Gasteiger partial charge in [0.15, 0.2) is 0 Å². The molecule has 3 nitrogen and oxygen atoms in total. The molecule has 2 heterocycles. The van der Waals surface area contributed by atoms with Crippen molar-refractivity contribution in [2.75, 3.05) is 24.6 Å². The molecule has 1 aliphatic heterocycles. The van der Waals surface area contributed by atoms with Gasteiger partial charge >= 0.3 is 0 Å². The molecule has 2 aromatic rings. The third kappa shape index (κ3) is 2.82. The van der Waals surface area contributed by atoms with E-state index in [9.17, 15) is 4.39 Å². The van der Waals surface area contributed by atoms with Crippen LogP contribution in [0.3, 0.4) is 0 Å². The first-order valence-corrected chi connectivity index (χ1v) is 7.57. The van der Waals surface area contributed by atoms with Crippen molar-refractivity contribution in [1.82, 2.24) is 15.1 Å². The maximum Gasteiger partial charge on any atom is 0.132 e. The Bertz CT molecular complexity index is 549. The highest BCUT2D eigenvalue weighted by Crippen LogP contribution is 2.25. The summed E-state index contributed by atoms with van der Waals surface area (Å²) < 4.78 is 13.8. The first-order valence-electron chi connectivity index (χ1n) is 6.42. The first-order chi connectivity index (χ1) is 9.34. The largest absolute Gasteiger partial charge is 0.297 e. The lowest BCUT2D eigenvalue weighted by atomic mass is 10.1. The molecule has 0 atom stereocenters. The van der Waals surface area contributed by atoms with Gasteiger partial charge in [-0.1, -0.05) is 12.1 Å². The summed E-state index contributed by atoms with van der Waals surface area (Å²) in [6.07, 6.45) is 1.81. The number of benzene rings is 1. The molecule has 0 radical (unpaired) electrons. The van der Waals surface area contributed by atoms with Gasteiger partial charge in [0.2, 0.25) is 0 Å². The molecule has 1 N–H and O–H groups in total. The van der Waals surface area contributed by atoms with E-state index in [4.69, 9.17) is 0 Å². The van der Waals surface area contributed by atoms with Gasteiger partial charge in [0.05, 0.1) is 11.9 Å². The van der Waals surface area contributed by atoms with Crippen molar-refractivity contribution < 1.29 is 4.39 Å². The number of nitrogens with one attached hydrogen (secondary N) is 1. The fourth-order valence-corrected chi connectivity index (χ4v) is 3.31. The van der Waals surface area contributed by atoms with Crippen molar-refractivity contribution in [3.63, 3.8) is 0 Å². The van der Waals surface area contributed by atoms with Crippen LogP contribution in [0.5, 0.6) is 0 Å². The minimum absolute atomic E-state index is 0.206. The molecule has 1 fully saturated rings. The summed E-state index contributed by atoms with van der Waals surface area (Å²) in [5.41, 5.74) is 2.47. The van der Waals surface area contributed by atoms with Crippen LogP contribution in [-0.2, 0) is 6.54 Å². The number of halogens is 1. The maximum absolute atomic E-state index is 13.8. The quantitative estimate of drug-likeness (QED) is 0.936. The molecular formula is C14H16FN3S. The Labute approximate surface area is 116 Å². The second-order valence-corrected chi connectivity index (χ2v) is 5.86. The Morgan fingerprint density at radius 1 is 1.26 bits per heavy atom. The molecule has 19 heavy (non-hydrogen) atoms. The number of rotatable bonds is 3. The molecule has 0 aliphatic carbocycles. The average molecular weight is 277 g/mol. The van der Waals surface area contributed by atoms with Crippen LogP contribution in [0.1, 0.15) is 5.56 Å². The van der Waals surface area contributed by atoms with Crippen LogP contribution < -0.4 is 0 Å². The predicted molar refractivity (Wildman–Crippen MR) is 76.6 cm³/mol. The van der Waals surface area contributed by atoms with Gasteiger partial charge in [0.1, 0.15) is 5.82 Å². The summed E-state index contributed by atoms with van der Waals surface area (Å²) in [4.78, 5) is 2.39. The molecule has 0 bridgehead atoms. The summed E-state index contributed by atoms with van der Waals surface area (Å²) >= 11 is 1.99. The Balaban J connectivity index is 1.84. The number of nitrogens with zero attached hydrogens (tertiary/aromatic N) is 2. The second-order valence-electron chi connectivity index (χ2n) is 4.64. The molecule has 3 rings (SSSR count). The number of aromatic nitrogens is 2. The Morgan fingerprint density at radius 2 is 2.05 bits per heavy atom. The predicted octanol–water partition coefficient (Wildman–Crippen LogP) is 2.76. The third-order valence-corrected chi connectivity index (χ3v) is 4.30. The van der Waals surface area contributed by atoms with Gasteiger partial charge in [0.25, 0.3) is 0 Å². The Kier molecular flexibility index (Phi) is 3.84. The fourth-order valence-electron chi connectivity index (χ4n) is 2.33. The topological polar surface area (TPSA) is 31.9 Å². The lowest BCUT2D eigenvalue weighted by Gasteiger charge is -2.25. The van der Waals surface area contributed by atoms with E-state index >= 15 is 0 Å². The van der Waals surface area contributed by atoms with E-state index in [-0.39, 0.29) is 5.82 Å². The zero-order valence-electron chi connectivity index (χ0n) is 10.6. The molecule has 1 aromatic heterocycles. The van der Waals surface area contributed by atoms with Crippen LogP contribution >= 0.6 is 11.8 Å². The fraction of sp³-hybridized carbons (Fsp3) is 0.357. The highest BCUT2D eigenvalue weighted by atomic mass is 32.2. The van der Waals surface area contributed by atoms with Gasteiger partial charge in [0, 0.05) is 42.3 Å². The minimum atomic E-state index is -0.206. The molecule has 0 amide bonds. The van der Waals surface area contributed by atoms with Crippen LogP contribution in [0.4, 0.5) is 4.39 Å². The normalized spacial score (nSPS) is 16.7. The van der Waals surface area contributed by atoms with E-state index in [1.807, 2.05) is 24.0 Å². The van der Waals surface area contributed by atoms with E-state index in [2.05, 4.69) is 15.1 Å². The van der Waals surface area contributed by atoms with Gasteiger partial charge in [-0.25, -0.2) is 4.39 Å². The Hall–Kier alpha value is -1.33. The first kappa shape index (κ1) is 12.7. The van der Waals surface area contributed by atoms with Crippen LogP contribution in [0.15, 0.2) is 30.5 Å². The molecule has 5 heteroatoms. The SMILES string of the molecule is Fc1ccccc1-c1[nH]ncc1CN1CCSCC1. The molecule has 0 spiro atoms. The van der Waals surface area contributed by atoms with Crippen molar-refractivity contribution in [3.05, 3.63) is 41.8 Å². The Morgan fingerprint density at radius 3 is 2.84 bits per heavy atom. The van der Waals surface area contributed by atoms with Crippen LogP contribution in [-0.4, -0.2) is 39.7 Å². The molecule has 100 valence electrons. The van der Waals surface area contributed by atoms with Gasteiger partial charge in [-0.15, -0.1) is 0 Å². The standard InChI is InChI=1S/C14H16FN3S/c15-13-4-2-1-3-12(13)14-11(9-16-17-14)10-18-5-7-19-8-6-18/h1-4,9H,5-8,10H2,(H,16,17). The van der Waals surface area contributed by atoms with Crippen molar-refractivity contribution in [2.45, 2.75) is 6.54 Å². The number of hydrogen-bond acceptors (Lipinski definition) is 3. The van der Waals surface area contributed by atoms with E-state index in [0.29, 0.717) is 5.56 Å². The van der Waals surface area contributed by atoms with Crippen molar-refractivity contribution >= 4 is 11.8 Å². The van der Waals surface area contributed by atoms with Crippen LogP contribution in [0.25, 0.3) is 11.3 Å². The molecule has 0 unspecified atom stereocenters. The van der Waals surface area contributed by atoms with Gasteiger partial charge in [-0.2, -0.15) is 16.9 Å². The van der Waals surface area contributed by atoms with Crippen LogP contribution in [0, 0.1) is 5.82 Å². The zero-order chi connectivity index (χ0) is 13.1. The number of aromatic amines is 1. The lowest BCUT2D eigenvalue weighted by Crippen LogP contribution is -2.32.